The zero-order valence-electron chi connectivity index (χ0n) is 16.9. The topological polar surface area (TPSA) is 90.0 Å². The number of esters is 1. The molecule has 2 aromatic carbocycles. The number of ketones is 1. The van der Waals surface area contributed by atoms with Gasteiger partial charge in [0.25, 0.3) is 0 Å². The lowest BCUT2D eigenvalue weighted by Gasteiger charge is -2.34. The van der Waals surface area contributed by atoms with E-state index in [1.807, 2.05) is 0 Å². The normalized spacial score (nSPS) is 19.7. The lowest BCUT2D eigenvalue weighted by molar-refractivity contribution is -0.0440. The van der Waals surface area contributed by atoms with E-state index < -0.39 is 34.2 Å². The Morgan fingerprint density at radius 1 is 1.16 bits per heavy atom. The first-order valence-corrected chi connectivity index (χ1v) is 11.3. The van der Waals surface area contributed by atoms with E-state index in [9.17, 15) is 22.4 Å². The van der Waals surface area contributed by atoms with Crippen LogP contribution in [0.2, 0.25) is 5.02 Å². The number of Topliss-reactive ketones (excluding diaryl/α,β-unsaturated/α-hetero) is 1. The van der Waals surface area contributed by atoms with Gasteiger partial charge in [-0.15, -0.1) is 0 Å². The molecule has 7 nitrogen and oxygen atoms in total. The Kier molecular flexibility index (Phi) is 7.10. The lowest BCUT2D eigenvalue weighted by Crippen LogP contribution is -2.48. The molecule has 0 N–H and O–H groups in total. The van der Waals surface area contributed by atoms with E-state index in [1.165, 1.54) is 34.6 Å². The third kappa shape index (κ3) is 5.30. The molecule has 1 aliphatic rings. The Morgan fingerprint density at radius 2 is 1.81 bits per heavy atom. The van der Waals surface area contributed by atoms with Crippen molar-refractivity contribution < 1.29 is 31.9 Å². The van der Waals surface area contributed by atoms with Crippen molar-refractivity contribution in [1.82, 2.24) is 4.31 Å². The largest absolute Gasteiger partial charge is 0.454 e. The number of sulfonamides is 1. The number of morpholine rings is 1. The van der Waals surface area contributed by atoms with Crippen LogP contribution in [0.15, 0.2) is 47.4 Å². The van der Waals surface area contributed by atoms with E-state index in [0.717, 1.165) is 12.1 Å². The molecule has 2 aromatic rings. The highest BCUT2D eigenvalue weighted by Gasteiger charge is 2.34. The summed E-state index contributed by atoms with van der Waals surface area (Å²) in [5.74, 6) is -2.37. The van der Waals surface area contributed by atoms with E-state index in [4.69, 9.17) is 21.1 Å². The fourth-order valence-corrected chi connectivity index (χ4v) is 5.36. The quantitative estimate of drug-likeness (QED) is 0.476. The Morgan fingerprint density at radius 3 is 2.45 bits per heavy atom. The molecular weight excluding hydrogens is 449 g/mol. The molecule has 166 valence electrons. The van der Waals surface area contributed by atoms with Crippen molar-refractivity contribution in [3.63, 3.8) is 0 Å². The molecule has 2 unspecified atom stereocenters. The summed E-state index contributed by atoms with van der Waals surface area (Å²) in [6, 6.07) is 9.00. The van der Waals surface area contributed by atoms with E-state index in [2.05, 4.69) is 0 Å². The minimum absolute atomic E-state index is 0.0502. The number of carbonyl (C=O) groups excluding carboxylic acids is 2. The average Bonchev–Trinajstić information content (AvgIpc) is 2.71. The Bertz CT molecular complexity index is 1100. The second-order valence-electron chi connectivity index (χ2n) is 7.20. The van der Waals surface area contributed by atoms with Crippen LogP contribution in [0.3, 0.4) is 0 Å². The Balaban J connectivity index is 1.78. The van der Waals surface area contributed by atoms with Gasteiger partial charge in [0.1, 0.15) is 10.7 Å². The molecule has 1 saturated heterocycles. The summed E-state index contributed by atoms with van der Waals surface area (Å²) in [5.41, 5.74) is -0.302. The van der Waals surface area contributed by atoms with Gasteiger partial charge in [-0.05, 0) is 44.2 Å². The maximum Gasteiger partial charge on any atom is 0.338 e. The Hall–Kier alpha value is -2.33. The molecular formula is C21H21ClFNO6S. The van der Waals surface area contributed by atoms with Crippen molar-refractivity contribution in [3.05, 3.63) is 64.4 Å². The highest BCUT2D eigenvalue weighted by atomic mass is 35.5. The fourth-order valence-electron chi connectivity index (χ4n) is 3.27. The summed E-state index contributed by atoms with van der Waals surface area (Å²) in [4.78, 5) is 24.2. The van der Waals surface area contributed by atoms with Gasteiger partial charge in [0.2, 0.25) is 15.8 Å². The monoisotopic (exact) mass is 469 g/mol. The molecule has 1 heterocycles. The summed E-state index contributed by atoms with van der Waals surface area (Å²) < 4.78 is 51.7. The highest BCUT2D eigenvalue weighted by molar-refractivity contribution is 7.89. The summed E-state index contributed by atoms with van der Waals surface area (Å²) in [7, 11) is -4.00. The molecule has 0 saturated carbocycles. The van der Waals surface area contributed by atoms with Crippen LogP contribution in [0.1, 0.15) is 34.6 Å². The smallest absolute Gasteiger partial charge is 0.338 e. The van der Waals surface area contributed by atoms with Gasteiger partial charge in [0.05, 0.1) is 28.4 Å². The van der Waals surface area contributed by atoms with Crippen molar-refractivity contribution in [3.8, 4) is 0 Å². The predicted molar refractivity (Wildman–Crippen MR) is 111 cm³/mol. The van der Waals surface area contributed by atoms with Gasteiger partial charge in [-0.3, -0.25) is 4.79 Å². The third-order valence-corrected chi connectivity index (χ3v) is 6.99. The van der Waals surface area contributed by atoms with Gasteiger partial charge in [-0.25, -0.2) is 17.6 Å². The first-order valence-electron chi connectivity index (χ1n) is 9.49. The van der Waals surface area contributed by atoms with Gasteiger partial charge < -0.3 is 9.47 Å². The molecule has 0 aliphatic carbocycles. The van der Waals surface area contributed by atoms with Crippen LogP contribution in [-0.2, 0) is 19.5 Å². The van der Waals surface area contributed by atoms with Crippen molar-refractivity contribution >= 4 is 33.4 Å². The minimum atomic E-state index is -4.00. The summed E-state index contributed by atoms with van der Waals surface area (Å²) in [6.07, 6.45) is -0.593. The molecule has 0 bridgehead atoms. The first kappa shape index (κ1) is 23.3. The Labute approximate surface area is 184 Å². The summed E-state index contributed by atoms with van der Waals surface area (Å²) in [6.45, 7) is 3.13. The number of hydrogen-bond acceptors (Lipinski definition) is 6. The average molecular weight is 470 g/mol. The SMILES string of the molecule is CC1CN(S(=O)(=O)c2cc(C(=O)OCC(=O)c3ccccc3F)ccc2Cl)CC(C)O1. The molecule has 1 aliphatic heterocycles. The van der Waals surface area contributed by atoms with Gasteiger partial charge in [-0.2, -0.15) is 4.31 Å². The van der Waals surface area contributed by atoms with Crippen molar-refractivity contribution in [2.45, 2.75) is 31.0 Å². The number of nitrogens with zero attached hydrogens (tertiary/aromatic N) is 1. The molecule has 0 spiro atoms. The second kappa shape index (κ2) is 9.44. The maximum absolute atomic E-state index is 13.7. The second-order valence-corrected chi connectivity index (χ2v) is 9.52. The molecule has 0 aromatic heterocycles. The van der Waals surface area contributed by atoms with Crippen LogP contribution in [0.4, 0.5) is 4.39 Å². The van der Waals surface area contributed by atoms with Crippen LogP contribution < -0.4 is 0 Å². The predicted octanol–water partition coefficient (Wildman–Crippen LogP) is 3.32. The fraction of sp³-hybridized carbons (Fsp3) is 0.333. The number of ether oxygens (including phenoxy) is 2. The van der Waals surface area contributed by atoms with Gasteiger partial charge >= 0.3 is 5.97 Å². The number of halogens is 2. The molecule has 0 radical (unpaired) electrons. The molecule has 31 heavy (non-hydrogen) atoms. The van der Waals surface area contributed by atoms with Crippen molar-refractivity contribution in [2.75, 3.05) is 19.7 Å². The highest BCUT2D eigenvalue weighted by Crippen LogP contribution is 2.28. The van der Waals surface area contributed by atoms with Gasteiger partial charge in [0.15, 0.2) is 6.61 Å². The maximum atomic E-state index is 13.7. The molecule has 3 rings (SSSR count). The third-order valence-electron chi connectivity index (χ3n) is 4.68. The van der Waals surface area contributed by atoms with Crippen LogP contribution in [-0.4, -0.2) is 56.4 Å². The van der Waals surface area contributed by atoms with Gasteiger partial charge in [-0.1, -0.05) is 23.7 Å². The van der Waals surface area contributed by atoms with E-state index in [1.54, 1.807) is 13.8 Å². The zero-order chi connectivity index (χ0) is 22.8. The first-order chi connectivity index (χ1) is 14.6. The van der Waals surface area contributed by atoms with Crippen molar-refractivity contribution in [1.29, 1.82) is 0 Å². The standard InChI is InChI=1S/C21H21ClFNO6S/c1-13-10-24(11-14(2)30-13)31(27,28)20-9-15(7-8-17(20)22)21(26)29-12-19(25)16-5-3-4-6-18(16)23/h3-9,13-14H,10-12H2,1-2H3. The lowest BCUT2D eigenvalue weighted by atomic mass is 10.1. The molecule has 0 amide bonds. The number of hydrogen-bond donors (Lipinski definition) is 0. The zero-order valence-corrected chi connectivity index (χ0v) is 18.5. The number of rotatable bonds is 6. The van der Waals surface area contributed by atoms with Crippen LogP contribution in [0.5, 0.6) is 0 Å². The van der Waals surface area contributed by atoms with Crippen LogP contribution in [0.25, 0.3) is 0 Å². The van der Waals surface area contributed by atoms with E-state index in [-0.39, 0.29) is 46.3 Å². The summed E-state index contributed by atoms with van der Waals surface area (Å²) >= 11 is 6.12. The van der Waals surface area contributed by atoms with E-state index >= 15 is 0 Å². The molecule has 2 atom stereocenters. The van der Waals surface area contributed by atoms with Crippen LogP contribution >= 0.6 is 11.6 Å². The number of carbonyl (C=O) groups is 2. The molecule has 10 heteroatoms. The van der Waals surface area contributed by atoms with Crippen LogP contribution in [0, 0.1) is 5.82 Å². The number of benzene rings is 2. The molecule has 1 fully saturated rings. The van der Waals surface area contributed by atoms with E-state index in [0.29, 0.717) is 0 Å². The van der Waals surface area contributed by atoms with Gasteiger partial charge in [0, 0.05) is 13.1 Å². The summed E-state index contributed by atoms with van der Waals surface area (Å²) in [5, 5.41) is -0.0502. The minimum Gasteiger partial charge on any atom is -0.454 e. The van der Waals surface area contributed by atoms with Crippen molar-refractivity contribution in [2.24, 2.45) is 0 Å².